The van der Waals surface area contributed by atoms with Crippen molar-refractivity contribution >= 4 is 131 Å². The lowest BCUT2D eigenvalue weighted by Crippen LogP contribution is -2.10. The van der Waals surface area contributed by atoms with Gasteiger partial charge in [-0.3, -0.25) is 0 Å². The Labute approximate surface area is 523 Å². The van der Waals surface area contributed by atoms with Crippen molar-refractivity contribution in [3.8, 4) is 50.2 Å². The summed E-state index contributed by atoms with van der Waals surface area (Å²) in [4.78, 5) is 4.71. The van der Waals surface area contributed by atoms with E-state index in [0.29, 0.717) is 0 Å². The largest absolute Gasteiger partial charge is 0.456 e. The topological polar surface area (TPSA) is 37.7 Å². The molecule has 422 valence electrons. The highest BCUT2D eigenvalue weighted by atomic mass is 32.1. The van der Waals surface area contributed by atoms with Gasteiger partial charge in [-0.25, -0.2) is 0 Å². The third kappa shape index (κ3) is 8.52. The number of para-hydroxylation sites is 6. The summed E-state index contributed by atoms with van der Waals surface area (Å²) < 4.78 is 18.4. The molecule has 0 aliphatic carbocycles. The summed E-state index contributed by atoms with van der Waals surface area (Å²) in [6.45, 7) is 0. The van der Waals surface area contributed by atoms with Gasteiger partial charge in [-0.05, 0) is 161 Å². The molecule has 0 fully saturated rings. The van der Waals surface area contributed by atoms with Crippen LogP contribution in [0.4, 0.5) is 34.1 Å². The van der Waals surface area contributed by atoms with Crippen LogP contribution in [0.25, 0.3) is 136 Å². The van der Waals surface area contributed by atoms with Crippen molar-refractivity contribution in [2.24, 2.45) is 0 Å². The number of thiophene rings is 1. The lowest BCUT2D eigenvalue weighted by molar-refractivity contribution is 0.669. The van der Waals surface area contributed by atoms with E-state index >= 15 is 0 Å². The summed E-state index contributed by atoms with van der Waals surface area (Å²) in [5, 5.41) is 9.22. The zero-order chi connectivity index (χ0) is 59.2. The first kappa shape index (κ1) is 51.5. The standard InChI is InChI=1S/C84H53N3O2S/c1-5-18-54(19-6-1)58-39-47-73-81(51-58)90-80-33-17-27-66(82(73)80)56-36-42-63(43-37-56)86(62-40-34-55(35-41-62)57-38-46-68-67-26-13-14-32-77(67)88-79(68)50-57)64-44-48-76-74(52-64)70-29-15-28-69(83(70)87(76)61-24-11-4-12-25-61)71-30-16-31-72-75-53-65(45-49-78(75)89-84(71)72)85(59-20-7-2-8-21-59)60-22-9-3-10-23-60/h1-53H. The van der Waals surface area contributed by atoms with Gasteiger partial charge in [0.1, 0.15) is 22.3 Å². The average Bonchev–Trinajstić information content (AvgIpc) is 1.62. The maximum atomic E-state index is 7.02. The van der Waals surface area contributed by atoms with Crippen LogP contribution in [0, 0.1) is 0 Å². The van der Waals surface area contributed by atoms with Crippen molar-refractivity contribution in [1.29, 1.82) is 0 Å². The molecule has 4 heterocycles. The molecule has 0 unspecified atom stereocenters. The molecule has 0 saturated heterocycles. The van der Waals surface area contributed by atoms with Gasteiger partial charge < -0.3 is 23.2 Å². The molecule has 18 aromatic rings. The monoisotopic (exact) mass is 1170 g/mol. The molecule has 0 aliphatic rings. The first-order chi connectivity index (χ1) is 44.6. The molecule has 0 N–H and O–H groups in total. The van der Waals surface area contributed by atoms with Crippen molar-refractivity contribution < 1.29 is 8.83 Å². The summed E-state index contributed by atoms with van der Waals surface area (Å²) in [5.41, 5.74) is 22.3. The normalized spacial score (nSPS) is 11.8. The van der Waals surface area contributed by atoms with Crippen LogP contribution in [0.1, 0.15) is 0 Å². The number of aromatic nitrogens is 1. The van der Waals surface area contributed by atoms with Crippen molar-refractivity contribution in [3.63, 3.8) is 0 Å². The fourth-order valence-electron chi connectivity index (χ4n) is 13.8. The van der Waals surface area contributed by atoms with Gasteiger partial charge in [0.05, 0.1) is 11.0 Å². The lowest BCUT2D eigenvalue weighted by atomic mass is 9.97. The molecule has 0 aliphatic heterocycles. The maximum absolute atomic E-state index is 7.02. The minimum Gasteiger partial charge on any atom is -0.456 e. The van der Waals surface area contributed by atoms with Gasteiger partial charge in [0.2, 0.25) is 0 Å². The highest BCUT2D eigenvalue weighted by Gasteiger charge is 2.24. The van der Waals surface area contributed by atoms with Crippen molar-refractivity contribution in [1.82, 2.24) is 4.57 Å². The Morgan fingerprint density at radius 1 is 0.267 bits per heavy atom. The molecule has 0 radical (unpaired) electrons. The SMILES string of the molecule is c1ccc(-c2ccc3c(c2)sc2cccc(-c4ccc(N(c5ccc(-c6ccc7c(c6)oc6ccccc67)cc5)c5ccc6c(c5)c5cccc(-c7cccc8c7oc7ccc(N(c9ccccc9)c9ccccc9)cc78)c5n6-c5ccccc5)cc4)c23)cc1. The highest BCUT2D eigenvalue weighted by Crippen LogP contribution is 2.48. The highest BCUT2D eigenvalue weighted by molar-refractivity contribution is 7.26. The summed E-state index contributed by atoms with van der Waals surface area (Å²) in [6, 6.07) is 116. The van der Waals surface area contributed by atoms with Crippen LogP contribution in [0.5, 0.6) is 0 Å². The van der Waals surface area contributed by atoms with Crippen molar-refractivity contribution in [2.45, 2.75) is 0 Å². The molecule has 6 heteroatoms. The Kier molecular flexibility index (Phi) is 12.0. The molecule has 90 heavy (non-hydrogen) atoms. The summed E-state index contributed by atoms with van der Waals surface area (Å²) >= 11 is 1.86. The minimum absolute atomic E-state index is 0.839. The fourth-order valence-corrected chi connectivity index (χ4v) is 15.0. The van der Waals surface area contributed by atoms with Crippen molar-refractivity contribution in [2.75, 3.05) is 9.80 Å². The molecular weight excluding hydrogens is 1120 g/mol. The zero-order valence-electron chi connectivity index (χ0n) is 48.7. The predicted molar refractivity (Wildman–Crippen MR) is 379 cm³/mol. The molecule has 0 spiro atoms. The van der Waals surface area contributed by atoms with Gasteiger partial charge in [-0.2, -0.15) is 0 Å². The molecule has 0 atom stereocenters. The Morgan fingerprint density at radius 2 is 0.778 bits per heavy atom. The van der Waals surface area contributed by atoms with E-state index in [0.717, 1.165) is 128 Å². The molecule has 5 nitrogen and oxygen atoms in total. The van der Waals surface area contributed by atoms with Crippen LogP contribution in [0.3, 0.4) is 0 Å². The number of hydrogen-bond donors (Lipinski definition) is 0. The second-order valence-electron chi connectivity index (χ2n) is 23.1. The van der Waals surface area contributed by atoms with Gasteiger partial charge in [0.25, 0.3) is 0 Å². The van der Waals surface area contributed by atoms with Crippen LogP contribution in [-0.4, -0.2) is 4.57 Å². The predicted octanol–water partition coefficient (Wildman–Crippen LogP) is 24.6. The Hall–Kier alpha value is -11.7. The average molecular weight is 1170 g/mol. The Bertz CT molecular complexity index is 5730. The van der Waals surface area contributed by atoms with Gasteiger partial charge in [0.15, 0.2) is 0 Å². The van der Waals surface area contributed by atoms with E-state index in [1.54, 1.807) is 0 Å². The first-order valence-corrected chi connectivity index (χ1v) is 31.4. The van der Waals surface area contributed by atoms with E-state index in [1.807, 2.05) is 23.5 Å². The summed E-state index contributed by atoms with van der Waals surface area (Å²) in [6.07, 6.45) is 0. The van der Waals surface area contributed by atoms with Crippen LogP contribution < -0.4 is 9.80 Å². The molecule has 4 aromatic heterocycles. The number of benzene rings is 14. The van der Waals surface area contributed by atoms with Crippen LogP contribution in [0.15, 0.2) is 330 Å². The van der Waals surface area contributed by atoms with E-state index in [-0.39, 0.29) is 0 Å². The quantitative estimate of drug-likeness (QED) is 0.129. The smallest absolute Gasteiger partial charge is 0.143 e. The summed E-state index contributed by atoms with van der Waals surface area (Å²) in [7, 11) is 0. The molecule has 18 rings (SSSR count). The van der Waals surface area contributed by atoms with E-state index in [4.69, 9.17) is 8.83 Å². The summed E-state index contributed by atoms with van der Waals surface area (Å²) in [5.74, 6) is 0. The van der Waals surface area contributed by atoms with Gasteiger partial charge in [-0.15, -0.1) is 11.3 Å². The number of fused-ring (bicyclic) bond motifs is 12. The van der Waals surface area contributed by atoms with Crippen molar-refractivity contribution in [3.05, 3.63) is 322 Å². The van der Waals surface area contributed by atoms with Crippen LogP contribution in [-0.2, 0) is 0 Å². The third-order valence-electron chi connectivity index (χ3n) is 18.0. The lowest BCUT2D eigenvalue weighted by Gasteiger charge is -2.26. The Morgan fingerprint density at radius 3 is 1.51 bits per heavy atom. The molecule has 0 amide bonds. The van der Waals surface area contributed by atoms with Gasteiger partial charge in [-0.1, -0.05) is 194 Å². The Balaban J connectivity index is 0.783. The number of furan rings is 2. The minimum atomic E-state index is 0.839. The molecule has 14 aromatic carbocycles. The number of rotatable bonds is 11. The van der Waals surface area contributed by atoms with Gasteiger partial charge >= 0.3 is 0 Å². The van der Waals surface area contributed by atoms with E-state index in [1.165, 1.54) is 42.4 Å². The molecule has 0 saturated carbocycles. The third-order valence-corrected chi connectivity index (χ3v) is 19.1. The maximum Gasteiger partial charge on any atom is 0.143 e. The number of nitrogens with zero attached hydrogens (tertiary/aromatic N) is 3. The molecular formula is C84H53N3O2S. The second-order valence-corrected chi connectivity index (χ2v) is 24.2. The fraction of sp³-hybridized carbons (Fsp3) is 0. The molecule has 0 bridgehead atoms. The first-order valence-electron chi connectivity index (χ1n) is 30.5. The van der Waals surface area contributed by atoms with E-state index in [9.17, 15) is 0 Å². The van der Waals surface area contributed by atoms with Crippen LogP contribution >= 0.6 is 11.3 Å². The van der Waals surface area contributed by atoms with Crippen LogP contribution in [0.2, 0.25) is 0 Å². The second kappa shape index (κ2) is 21.0. The number of anilines is 6. The zero-order valence-corrected chi connectivity index (χ0v) is 49.5. The van der Waals surface area contributed by atoms with E-state index < -0.39 is 0 Å². The van der Waals surface area contributed by atoms with E-state index in [2.05, 4.69) is 324 Å². The van der Waals surface area contributed by atoms with Gasteiger partial charge in [0, 0.05) is 103 Å². The number of hydrogen-bond acceptors (Lipinski definition) is 5.